The standard InChI is InChI=1S/C15H14Cl3NO4S/c1-22-12-6-7-13(15(18)14(12)17)24(20,21)19-8-9-23-11-4-2-10(16)3-5-11/h2-7,19H,8-9H2,1H3. The highest BCUT2D eigenvalue weighted by molar-refractivity contribution is 7.89. The Kier molecular flexibility index (Phi) is 6.60. The van der Waals surface area contributed by atoms with E-state index in [0.717, 1.165) is 0 Å². The molecule has 130 valence electrons. The Morgan fingerprint density at radius 2 is 1.67 bits per heavy atom. The molecule has 24 heavy (non-hydrogen) atoms. The molecule has 0 atom stereocenters. The molecule has 9 heteroatoms. The van der Waals surface area contributed by atoms with E-state index in [2.05, 4.69) is 4.72 Å². The molecule has 0 spiro atoms. The molecule has 0 saturated heterocycles. The first-order valence-corrected chi connectivity index (χ1v) is 9.37. The second-order valence-corrected chi connectivity index (χ2v) is 7.52. The number of rotatable bonds is 7. The molecule has 0 saturated carbocycles. The van der Waals surface area contributed by atoms with Gasteiger partial charge in [-0.2, -0.15) is 0 Å². The van der Waals surface area contributed by atoms with Gasteiger partial charge in [-0.25, -0.2) is 13.1 Å². The first-order chi connectivity index (χ1) is 11.3. The summed E-state index contributed by atoms with van der Waals surface area (Å²) in [6, 6.07) is 9.51. The summed E-state index contributed by atoms with van der Waals surface area (Å²) in [5.74, 6) is 0.885. The van der Waals surface area contributed by atoms with Gasteiger partial charge in [-0.1, -0.05) is 34.8 Å². The number of ether oxygens (including phenoxy) is 2. The van der Waals surface area contributed by atoms with Crippen LogP contribution < -0.4 is 14.2 Å². The molecule has 2 aromatic carbocycles. The maximum atomic E-state index is 12.3. The summed E-state index contributed by atoms with van der Waals surface area (Å²) >= 11 is 17.8. The molecule has 1 N–H and O–H groups in total. The number of hydrogen-bond donors (Lipinski definition) is 1. The second kappa shape index (κ2) is 8.27. The molecule has 0 aliphatic heterocycles. The molecule has 2 aromatic rings. The Balaban J connectivity index is 1.99. The van der Waals surface area contributed by atoms with E-state index in [1.807, 2.05) is 0 Å². The van der Waals surface area contributed by atoms with Gasteiger partial charge in [0.1, 0.15) is 28.0 Å². The van der Waals surface area contributed by atoms with Gasteiger partial charge < -0.3 is 9.47 Å². The van der Waals surface area contributed by atoms with Crippen LogP contribution in [0.1, 0.15) is 0 Å². The molecule has 0 aliphatic carbocycles. The van der Waals surface area contributed by atoms with Crippen LogP contribution in [-0.4, -0.2) is 28.7 Å². The topological polar surface area (TPSA) is 64.6 Å². The summed E-state index contributed by atoms with van der Waals surface area (Å²) in [6.45, 7) is 0.202. The zero-order valence-electron chi connectivity index (χ0n) is 12.6. The average Bonchev–Trinajstić information content (AvgIpc) is 2.55. The van der Waals surface area contributed by atoms with E-state index in [9.17, 15) is 8.42 Å². The van der Waals surface area contributed by atoms with Crippen molar-refractivity contribution >= 4 is 44.8 Å². The lowest BCUT2D eigenvalue weighted by Crippen LogP contribution is -2.28. The molecule has 0 unspecified atom stereocenters. The van der Waals surface area contributed by atoms with Crippen LogP contribution in [0, 0.1) is 0 Å². The summed E-state index contributed by atoms with van der Waals surface area (Å²) in [7, 11) is -2.41. The smallest absolute Gasteiger partial charge is 0.242 e. The van der Waals surface area contributed by atoms with Gasteiger partial charge >= 0.3 is 0 Å². The van der Waals surface area contributed by atoms with Gasteiger partial charge in [0.2, 0.25) is 10.0 Å². The first-order valence-electron chi connectivity index (χ1n) is 6.75. The molecule has 0 aliphatic rings. The van der Waals surface area contributed by atoms with Gasteiger partial charge in [0.15, 0.2) is 0 Å². The van der Waals surface area contributed by atoms with Gasteiger partial charge in [0.05, 0.1) is 12.1 Å². The molecule has 0 fully saturated rings. The van der Waals surface area contributed by atoms with Gasteiger partial charge in [0.25, 0.3) is 0 Å². The van der Waals surface area contributed by atoms with Crippen LogP contribution in [0.15, 0.2) is 41.3 Å². The van der Waals surface area contributed by atoms with Crippen LogP contribution in [0.5, 0.6) is 11.5 Å². The van der Waals surface area contributed by atoms with Crippen molar-refractivity contribution in [1.29, 1.82) is 0 Å². The van der Waals surface area contributed by atoms with E-state index >= 15 is 0 Å². The summed E-state index contributed by atoms with van der Waals surface area (Å²) in [5.41, 5.74) is 0. The zero-order chi connectivity index (χ0) is 17.7. The highest BCUT2D eigenvalue weighted by Gasteiger charge is 2.21. The Bertz CT molecular complexity index is 810. The largest absolute Gasteiger partial charge is 0.495 e. The van der Waals surface area contributed by atoms with Crippen molar-refractivity contribution < 1.29 is 17.9 Å². The van der Waals surface area contributed by atoms with Gasteiger partial charge in [-0.3, -0.25) is 0 Å². The Morgan fingerprint density at radius 1 is 1.00 bits per heavy atom. The highest BCUT2D eigenvalue weighted by Crippen LogP contribution is 2.36. The molecule has 0 amide bonds. The SMILES string of the molecule is COc1ccc(S(=O)(=O)NCCOc2ccc(Cl)cc2)c(Cl)c1Cl. The fraction of sp³-hybridized carbons (Fsp3) is 0.200. The van der Waals surface area contributed by atoms with Crippen LogP contribution in [-0.2, 0) is 10.0 Å². The van der Waals surface area contributed by atoms with Crippen molar-refractivity contribution in [3.63, 3.8) is 0 Å². The third kappa shape index (κ3) is 4.68. The summed E-state index contributed by atoms with van der Waals surface area (Å²) in [5, 5.41) is 0.538. The van der Waals surface area contributed by atoms with Crippen molar-refractivity contribution in [3.05, 3.63) is 51.5 Å². The number of halogens is 3. The van der Waals surface area contributed by atoms with E-state index in [1.165, 1.54) is 19.2 Å². The molecule has 2 rings (SSSR count). The predicted molar refractivity (Wildman–Crippen MR) is 95.1 cm³/mol. The third-order valence-electron chi connectivity index (χ3n) is 3.00. The maximum Gasteiger partial charge on any atom is 0.242 e. The molecular weight excluding hydrogens is 397 g/mol. The highest BCUT2D eigenvalue weighted by atomic mass is 35.5. The molecule has 0 heterocycles. The van der Waals surface area contributed by atoms with Crippen molar-refractivity contribution in [2.75, 3.05) is 20.3 Å². The number of hydrogen-bond acceptors (Lipinski definition) is 4. The predicted octanol–water partition coefficient (Wildman–Crippen LogP) is 4.01. The monoisotopic (exact) mass is 409 g/mol. The minimum Gasteiger partial charge on any atom is -0.495 e. The first kappa shape index (κ1) is 19.1. The second-order valence-electron chi connectivity index (χ2n) is 4.59. The number of benzene rings is 2. The van der Waals surface area contributed by atoms with E-state index in [1.54, 1.807) is 24.3 Å². The fourth-order valence-corrected chi connectivity index (χ4v) is 3.81. The van der Waals surface area contributed by atoms with Crippen molar-refractivity contribution in [2.24, 2.45) is 0 Å². The normalized spacial score (nSPS) is 11.3. The van der Waals surface area contributed by atoms with Crippen LogP contribution in [0.4, 0.5) is 0 Å². The quantitative estimate of drug-likeness (QED) is 0.700. The number of methoxy groups -OCH3 is 1. The van der Waals surface area contributed by atoms with Crippen LogP contribution >= 0.6 is 34.8 Å². The van der Waals surface area contributed by atoms with Crippen LogP contribution in [0.3, 0.4) is 0 Å². The van der Waals surface area contributed by atoms with Crippen LogP contribution in [0.2, 0.25) is 15.1 Å². The lowest BCUT2D eigenvalue weighted by atomic mass is 10.3. The molecule has 5 nitrogen and oxygen atoms in total. The minimum atomic E-state index is -3.82. The Morgan fingerprint density at radius 3 is 2.29 bits per heavy atom. The molecular formula is C15H14Cl3NO4S. The third-order valence-corrected chi connectivity index (χ3v) is 5.73. The van der Waals surface area contributed by atoms with Crippen molar-refractivity contribution in [1.82, 2.24) is 4.72 Å². The molecule has 0 bridgehead atoms. The van der Waals surface area contributed by atoms with Crippen LogP contribution in [0.25, 0.3) is 0 Å². The summed E-state index contributed by atoms with van der Waals surface area (Å²) < 4.78 is 37.4. The van der Waals surface area contributed by atoms with E-state index in [4.69, 9.17) is 44.3 Å². The lowest BCUT2D eigenvalue weighted by molar-refractivity contribution is 0.323. The van der Waals surface area contributed by atoms with Gasteiger partial charge in [0, 0.05) is 11.6 Å². The van der Waals surface area contributed by atoms with E-state index < -0.39 is 10.0 Å². The minimum absolute atomic E-state index is 0.0412. The van der Waals surface area contributed by atoms with Gasteiger partial charge in [-0.15, -0.1) is 0 Å². The van der Waals surface area contributed by atoms with Crippen molar-refractivity contribution in [2.45, 2.75) is 4.90 Å². The number of sulfonamides is 1. The van der Waals surface area contributed by atoms with Crippen molar-refractivity contribution in [3.8, 4) is 11.5 Å². The summed E-state index contributed by atoms with van der Waals surface area (Å²) in [6.07, 6.45) is 0. The Labute approximate surface area is 155 Å². The Hall–Kier alpha value is -1.18. The van der Waals surface area contributed by atoms with Gasteiger partial charge in [-0.05, 0) is 36.4 Å². The molecule has 0 radical (unpaired) electrons. The summed E-state index contributed by atoms with van der Waals surface area (Å²) in [4.78, 5) is -0.124. The number of nitrogens with one attached hydrogen (secondary N) is 1. The lowest BCUT2D eigenvalue weighted by Gasteiger charge is -2.12. The van der Waals surface area contributed by atoms with E-state index in [-0.39, 0.29) is 28.1 Å². The maximum absolute atomic E-state index is 12.3. The fourth-order valence-electron chi connectivity index (χ4n) is 1.83. The molecule has 0 aromatic heterocycles. The zero-order valence-corrected chi connectivity index (χ0v) is 15.6. The average molecular weight is 411 g/mol. The van der Waals surface area contributed by atoms with E-state index in [0.29, 0.717) is 16.5 Å².